The molecule has 2 rings (SSSR count). The Hall–Kier alpha value is -2.30. The van der Waals surface area contributed by atoms with Crippen LogP contribution in [0.5, 0.6) is 11.5 Å². The van der Waals surface area contributed by atoms with Crippen molar-refractivity contribution in [1.82, 2.24) is 10.6 Å². The molecule has 24 heavy (non-hydrogen) atoms. The summed E-state index contributed by atoms with van der Waals surface area (Å²) >= 11 is 2.03. The van der Waals surface area contributed by atoms with Crippen LogP contribution in [0.3, 0.4) is 0 Å². The summed E-state index contributed by atoms with van der Waals surface area (Å²) in [7, 11) is 1.27. The first-order valence-electron chi connectivity index (χ1n) is 6.94. The zero-order valence-electron chi connectivity index (χ0n) is 13.0. The second kappa shape index (κ2) is 7.99. The van der Waals surface area contributed by atoms with E-state index in [1.54, 1.807) is 12.1 Å². The zero-order chi connectivity index (χ0) is 17.7. The SMILES string of the molecule is CCOc1cc(C=C2NC(=O)NC2=O)cc(I)c1OCC(=O)OC. The van der Waals surface area contributed by atoms with Gasteiger partial charge in [0.1, 0.15) is 5.70 Å². The minimum atomic E-state index is -0.566. The van der Waals surface area contributed by atoms with Crippen molar-refractivity contribution >= 4 is 46.6 Å². The molecule has 1 fully saturated rings. The van der Waals surface area contributed by atoms with E-state index in [0.717, 1.165) is 0 Å². The molecule has 0 bridgehead atoms. The van der Waals surface area contributed by atoms with Gasteiger partial charge < -0.3 is 19.5 Å². The van der Waals surface area contributed by atoms with Gasteiger partial charge in [-0.25, -0.2) is 9.59 Å². The highest BCUT2D eigenvalue weighted by atomic mass is 127. The number of hydrogen-bond acceptors (Lipinski definition) is 6. The molecule has 8 nitrogen and oxygen atoms in total. The molecule has 1 heterocycles. The monoisotopic (exact) mass is 446 g/mol. The molecule has 1 aliphatic rings. The Bertz CT molecular complexity index is 716. The van der Waals surface area contributed by atoms with Gasteiger partial charge in [-0.3, -0.25) is 10.1 Å². The van der Waals surface area contributed by atoms with Gasteiger partial charge in [-0.05, 0) is 53.3 Å². The van der Waals surface area contributed by atoms with E-state index in [2.05, 4.69) is 15.4 Å². The molecule has 2 N–H and O–H groups in total. The Balaban J connectivity index is 2.32. The minimum Gasteiger partial charge on any atom is -0.490 e. The smallest absolute Gasteiger partial charge is 0.343 e. The predicted molar refractivity (Wildman–Crippen MR) is 92.5 cm³/mol. The molecule has 128 valence electrons. The molecule has 1 aromatic rings. The van der Waals surface area contributed by atoms with Crippen molar-refractivity contribution < 1.29 is 28.6 Å². The summed E-state index contributed by atoms with van der Waals surface area (Å²) in [6, 6.07) is 2.83. The largest absolute Gasteiger partial charge is 0.490 e. The Labute approximate surface area is 151 Å². The molecule has 1 aliphatic heterocycles. The highest BCUT2D eigenvalue weighted by molar-refractivity contribution is 14.1. The lowest BCUT2D eigenvalue weighted by Crippen LogP contribution is -2.22. The summed E-state index contributed by atoms with van der Waals surface area (Å²) in [5.74, 6) is -0.182. The van der Waals surface area contributed by atoms with E-state index in [-0.39, 0.29) is 12.3 Å². The van der Waals surface area contributed by atoms with Gasteiger partial charge >= 0.3 is 12.0 Å². The maximum atomic E-state index is 11.6. The van der Waals surface area contributed by atoms with Crippen LogP contribution in [0.2, 0.25) is 0 Å². The number of hydrogen-bond donors (Lipinski definition) is 2. The summed E-state index contributed by atoms with van der Waals surface area (Å²) < 4.78 is 16.2. The molecule has 3 amide bonds. The van der Waals surface area contributed by atoms with Gasteiger partial charge in [0.15, 0.2) is 18.1 Å². The van der Waals surface area contributed by atoms with Gasteiger partial charge in [0.2, 0.25) is 0 Å². The summed E-state index contributed by atoms with van der Waals surface area (Å²) in [6.07, 6.45) is 1.52. The number of methoxy groups -OCH3 is 1. The van der Waals surface area contributed by atoms with Gasteiger partial charge in [-0.1, -0.05) is 0 Å². The van der Waals surface area contributed by atoms with Crippen LogP contribution in [-0.4, -0.2) is 38.2 Å². The van der Waals surface area contributed by atoms with Crippen LogP contribution in [0.15, 0.2) is 17.8 Å². The number of benzene rings is 1. The number of halogens is 1. The van der Waals surface area contributed by atoms with Crippen LogP contribution in [0.25, 0.3) is 6.08 Å². The van der Waals surface area contributed by atoms with Crippen molar-refractivity contribution in [3.05, 3.63) is 27.0 Å². The Morgan fingerprint density at radius 3 is 2.58 bits per heavy atom. The molecule has 1 saturated heterocycles. The summed E-state index contributed by atoms with van der Waals surface area (Å²) in [5.41, 5.74) is 0.780. The molecule has 1 aromatic carbocycles. The summed E-state index contributed by atoms with van der Waals surface area (Å²) in [4.78, 5) is 34.0. The van der Waals surface area contributed by atoms with Crippen molar-refractivity contribution in [1.29, 1.82) is 0 Å². The van der Waals surface area contributed by atoms with Gasteiger partial charge in [0, 0.05) is 0 Å². The average molecular weight is 446 g/mol. The van der Waals surface area contributed by atoms with Crippen LogP contribution < -0.4 is 20.1 Å². The molecule has 0 aliphatic carbocycles. The Morgan fingerprint density at radius 1 is 1.25 bits per heavy atom. The number of ether oxygens (including phenoxy) is 3. The molecular formula is C15H15IN2O6. The van der Waals surface area contributed by atoms with Crippen molar-refractivity contribution in [3.63, 3.8) is 0 Å². The van der Waals surface area contributed by atoms with E-state index in [9.17, 15) is 14.4 Å². The quantitative estimate of drug-likeness (QED) is 0.297. The highest BCUT2D eigenvalue weighted by Gasteiger charge is 2.23. The maximum absolute atomic E-state index is 11.6. The first-order chi connectivity index (χ1) is 11.4. The number of imide groups is 1. The van der Waals surface area contributed by atoms with Gasteiger partial charge in [-0.15, -0.1) is 0 Å². The van der Waals surface area contributed by atoms with Crippen LogP contribution in [0, 0.1) is 3.57 Å². The summed E-state index contributed by atoms with van der Waals surface area (Å²) in [6.45, 7) is 1.96. The van der Waals surface area contributed by atoms with Gasteiger partial charge in [-0.2, -0.15) is 0 Å². The molecular weight excluding hydrogens is 431 g/mol. The van der Waals surface area contributed by atoms with E-state index in [1.165, 1.54) is 13.2 Å². The van der Waals surface area contributed by atoms with Crippen molar-refractivity contribution in [2.75, 3.05) is 20.3 Å². The first-order valence-corrected chi connectivity index (χ1v) is 8.02. The maximum Gasteiger partial charge on any atom is 0.343 e. The molecule has 0 aromatic heterocycles. The number of urea groups is 1. The van der Waals surface area contributed by atoms with Crippen LogP contribution in [0.4, 0.5) is 4.79 Å². The average Bonchev–Trinajstić information content (AvgIpc) is 2.84. The number of carbonyl (C=O) groups excluding carboxylic acids is 3. The van der Waals surface area contributed by atoms with E-state index in [1.807, 2.05) is 29.5 Å². The third kappa shape index (κ3) is 4.37. The number of esters is 1. The van der Waals surface area contributed by atoms with E-state index < -0.39 is 17.9 Å². The fourth-order valence-corrected chi connectivity index (χ4v) is 2.69. The lowest BCUT2D eigenvalue weighted by molar-refractivity contribution is -0.143. The number of rotatable bonds is 6. The first kappa shape index (κ1) is 18.0. The standard InChI is InChI=1S/C15H15IN2O6/c1-3-23-11-6-8(5-10-14(20)18-15(21)17-10)4-9(16)13(11)24-7-12(19)22-2/h4-6H,3,7H2,1-2H3,(H2,17,18,20,21). The normalized spacial score (nSPS) is 15.0. The molecule has 9 heteroatoms. The Morgan fingerprint density at radius 2 is 2.00 bits per heavy atom. The van der Waals surface area contributed by atoms with Gasteiger partial charge in [0.05, 0.1) is 17.3 Å². The van der Waals surface area contributed by atoms with Crippen LogP contribution in [-0.2, 0) is 14.3 Å². The van der Waals surface area contributed by atoms with E-state index >= 15 is 0 Å². The lowest BCUT2D eigenvalue weighted by Gasteiger charge is -2.14. The molecule has 0 saturated carbocycles. The number of nitrogens with one attached hydrogen (secondary N) is 2. The number of amides is 3. The third-order valence-corrected chi connectivity index (χ3v) is 3.73. The fourth-order valence-electron chi connectivity index (χ4n) is 1.91. The number of carbonyl (C=O) groups is 3. The van der Waals surface area contributed by atoms with Gasteiger partial charge in [0.25, 0.3) is 5.91 Å². The molecule has 0 spiro atoms. The van der Waals surface area contributed by atoms with Crippen LogP contribution >= 0.6 is 22.6 Å². The van der Waals surface area contributed by atoms with Crippen molar-refractivity contribution in [2.45, 2.75) is 6.92 Å². The molecule has 0 atom stereocenters. The second-order valence-electron chi connectivity index (χ2n) is 4.59. The van der Waals surface area contributed by atoms with Crippen molar-refractivity contribution in [3.8, 4) is 11.5 Å². The highest BCUT2D eigenvalue weighted by Crippen LogP contribution is 2.35. The summed E-state index contributed by atoms with van der Waals surface area (Å²) in [5, 5.41) is 4.54. The zero-order valence-corrected chi connectivity index (χ0v) is 15.1. The van der Waals surface area contributed by atoms with E-state index in [4.69, 9.17) is 9.47 Å². The Kier molecular flexibility index (Phi) is 6.01. The van der Waals surface area contributed by atoms with Crippen molar-refractivity contribution in [2.24, 2.45) is 0 Å². The minimum absolute atomic E-state index is 0.140. The lowest BCUT2D eigenvalue weighted by atomic mass is 10.1. The van der Waals surface area contributed by atoms with Crippen LogP contribution in [0.1, 0.15) is 12.5 Å². The molecule has 0 radical (unpaired) electrons. The topological polar surface area (TPSA) is 103 Å². The third-order valence-electron chi connectivity index (χ3n) is 2.92. The predicted octanol–water partition coefficient (Wildman–Crippen LogP) is 1.42. The fraction of sp³-hybridized carbons (Fsp3) is 0.267. The molecule has 0 unspecified atom stereocenters. The van der Waals surface area contributed by atoms with E-state index in [0.29, 0.717) is 27.2 Å². The second-order valence-corrected chi connectivity index (χ2v) is 5.76.